The first-order valence-corrected chi connectivity index (χ1v) is 14.4. The highest BCUT2D eigenvalue weighted by atomic mass is 35.5. The zero-order chi connectivity index (χ0) is 27.6. The maximum Gasteiger partial charge on any atom is 0.163 e. The second-order valence-corrected chi connectivity index (χ2v) is 11.5. The number of nitrogens with zero attached hydrogens (tertiary/aromatic N) is 4. The van der Waals surface area contributed by atoms with Gasteiger partial charge < -0.3 is 10.2 Å². The van der Waals surface area contributed by atoms with Gasteiger partial charge in [-0.2, -0.15) is 5.10 Å². The van der Waals surface area contributed by atoms with E-state index in [4.69, 9.17) is 33.3 Å². The second-order valence-electron chi connectivity index (χ2n) is 10.7. The summed E-state index contributed by atoms with van der Waals surface area (Å²) >= 11 is 13.0. The van der Waals surface area contributed by atoms with Crippen LogP contribution in [0.5, 0.6) is 0 Å². The first-order valence-electron chi connectivity index (χ1n) is 13.7. The summed E-state index contributed by atoms with van der Waals surface area (Å²) in [5.74, 6) is 0.718. The molecule has 2 aliphatic rings. The van der Waals surface area contributed by atoms with Crippen LogP contribution in [0.25, 0.3) is 11.3 Å². The minimum Gasteiger partial charge on any atom is -0.366 e. The molecule has 0 spiro atoms. The Kier molecular flexibility index (Phi) is 7.74. The number of halogens is 2. The number of carbonyl (C=O) groups is 1. The molecule has 40 heavy (non-hydrogen) atoms. The second kappa shape index (κ2) is 11.6. The largest absolute Gasteiger partial charge is 0.366 e. The van der Waals surface area contributed by atoms with Crippen LogP contribution in [0, 0.1) is 5.92 Å². The Hall–Kier alpha value is -3.45. The number of hydrogen-bond donors (Lipinski definition) is 1. The van der Waals surface area contributed by atoms with Gasteiger partial charge >= 0.3 is 0 Å². The summed E-state index contributed by atoms with van der Waals surface area (Å²) in [6.45, 7) is 3.12. The Morgan fingerprint density at radius 2 is 1.75 bits per heavy atom. The third-order valence-electron chi connectivity index (χ3n) is 7.83. The summed E-state index contributed by atoms with van der Waals surface area (Å²) in [4.78, 5) is 20.1. The first kappa shape index (κ1) is 26.8. The molecule has 2 aliphatic heterocycles. The van der Waals surface area contributed by atoms with Crippen LogP contribution in [0.4, 0.5) is 5.69 Å². The zero-order valence-corrected chi connectivity index (χ0v) is 23.9. The minimum absolute atomic E-state index is 0.229. The standard InChI is InChI=1S/C32H31Cl2N5O/c1-38-14-12-21(13-15-38)16-30(40)22-6-9-25(10-7-22)36-20-39-19-23-18-35-32(27-4-2-3-5-29(27)34)28-17-24(33)8-11-26(28)31(23)37-39/h2-11,17,19,21,36H,12-16,18,20H2,1H3. The maximum atomic E-state index is 12.8. The van der Waals surface area contributed by atoms with E-state index in [1.54, 1.807) is 0 Å². The number of aliphatic imine (C=N–C) groups is 1. The number of likely N-dealkylation sites (tertiary alicyclic amines) is 1. The summed E-state index contributed by atoms with van der Waals surface area (Å²) in [5, 5.41) is 9.62. The topological polar surface area (TPSA) is 62.5 Å². The molecule has 6 nitrogen and oxygen atoms in total. The molecule has 0 aliphatic carbocycles. The van der Waals surface area contributed by atoms with Gasteiger partial charge in [-0.25, -0.2) is 0 Å². The van der Waals surface area contributed by atoms with Gasteiger partial charge in [0, 0.05) is 56.2 Å². The van der Waals surface area contributed by atoms with E-state index < -0.39 is 0 Å². The molecule has 0 saturated carbocycles. The fourth-order valence-corrected chi connectivity index (χ4v) is 5.93. The lowest BCUT2D eigenvalue weighted by molar-refractivity contribution is 0.0936. The SMILES string of the molecule is CN1CCC(CC(=O)c2ccc(NCn3cc4c(n3)-c3ccc(Cl)cc3C(c3ccccc3Cl)=NC4)cc2)CC1. The summed E-state index contributed by atoms with van der Waals surface area (Å²) in [6, 6.07) is 21.3. The van der Waals surface area contributed by atoms with Crippen molar-refractivity contribution in [3.63, 3.8) is 0 Å². The number of ketones is 1. The summed E-state index contributed by atoms with van der Waals surface area (Å²) in [6.07, 6.45) is 4.85. The van der Waals surface area contributed by atoms with Crippen LogP contribution in [0.15, 0.2) is 77.9 Å². The van der Waals surface area contributed by atoms with Crippen molar-refractivity contribution in [2.45, 2.75) is 32.5 Å². The Bertz CT molecular complexity index is 1570. The molecule has 1 N–H and O–H groups in total. The molecule has 3 aromatic carbocycles. The van der Waals surface area contributed by atoms with E-state index in [2.05, 4.69) is 17.3 Å². The number of benzene rings is 3. The van der Waals surface area contributed by atoms with E-state index in [0.29, 0.717) is 35.6 Å². The Labute approximate surface area is 244 Å². The van der Waals surface area contributed by atoms with Crippen molar-refractivity contribution in [2.75, 3.05) is 25.5 Å². The molecule has 0 radical (unpaired) electrons. The molecule has 204 valence electrons. The van der Waals surface area contributed by atoms with Crippen LogP contribution in [-0.4, -0.2) is 46.3 Å². The van der Waals surface area contributed by atoms with E-state index in [0.717, 1.165) is 70.8 Å². The molecule has 1 saturated heterocycles. The molecule has 8 heteroatoms. The molecule has 0 amide bonds. The van der Waals surface area contributed by atoms with Gasteiger partial charge in [0.1, 0.15) is 6.67 Å². The fourth-order valence-electron chi connectivity index (χ4n) is 5.53. The molecule has 6 rings (SSSR count). The summed E-state index contributed by atoms with van der Waals surface area (Å²) < 4.78 is 1.89. The van der Waals surface area contributed by atoms with Crippen molar-refractivity contribution in [1.29, 1.82) is 0 Å². The van der Waals surface area contributed by atoms with Crippen LogP contribution in [-0.2, 0) is 13.2 Å². The quantitative estimate of drug-likeness (QED) is 0.238. The molecule has 0 atom stereocenters. The van der Waals surface area contributed by atoms with Gasteiger partial charge in [0.2, 0.25) is 0 Å². The van der Waals surface area contributed by atoms with Crippen LogP contribution in [0.3, 0.4) is 0 Å². The lowest BCUT2D eigenvalue weighted by atomic mass is 9.90. The van der Waals surface area contributed by atoms with Crippen LogP contribution in [0.2, 0.25) is 10.0 Å². The van der Waals surface area contributed by atoms with Crippen molar-refractivity contribution >= 4 is 40.4 Å². The van der Waals surface area contributed by atoms with Crippen LogP contribution in [0.1, 0.15) is 46.3 Å². The smallest absolute Gasteiger partial charge is 0.163 e. The number of nitrogens with one attached hydrogen (secondary N) is 1. The van der Waals surface area contributed by atoms with Gasteiger partial charge in [0.25, 0.3) is 0 Å². The van der Waals surface area contributed by atoms with Gasteiger partial charge in [0.15, 0.2) is 5.78 Å². The van der Waals surface area contributed by atoms with E-state index in [1.807, 2.05) is 77.6 Å². The highest BCUT2D eigenvalue weighted by Gasteiger charge is 2.24. The van der Waals surface area contributed by atoms with Gasteiger partial charge in [0.05, 0.1) is 18.0 Å². The number of anilines is 1. The number of rotatable bonds is 7. The Morgan fingerprint density at radius 3 is 2.52 bits per heavy atom. The van der Waals surface area contributed by atoms with E-state index >= 15 is 0 Å². The molecular formula is C32H31Cl2N5O. The Morgan fingerprint density at radius 1 is 0.975 bits per heavy atom. The summed E-state index contributed by atoms with van der Waals surface area (Å²) in [5.41, 5.74) is 7.21. The molecule has 3 heterocycles. The average molecular weight is 573 g/mol. The monoisotopic (exact) mass is 571 g/mol. The minimum atomic E-state index is 0.229. The number of aromatic nitrogens is 2. The molecule has 0 unspecified atom stereocenters. The number of fused-ring (bicyclic) bond motifs is 3. The van der Waals surface area contributed by atoms with Gasteiger partial charge in [-0.1, -0.05) is 47.5 Å². The van der Waals surface area contributed by atoms with Crippen molar-refractivity contribution < 1.29 is 4.79 Å². The highest BCUT2D eigenvalue weighted by molar-refractivity contribution is 6.36. The number of carbonyl (C=O) groups excluding carboxylic acids is 1. The van der Waals surface area contributed by atoms with E-state index in [1.165, 1.54) is 0 Å². The highest BCUT2D eigenvalue weighted by Crippen LogP contribution is 2.34. The number of piperidine rings is 1. The predicted molar refractivity (Wildman–Crippen MR) is 163 cm³/mol. The molecule has 1 fully saturated rings. The number of hydrogen-bond acceptors (Lipinski definition) is 5. The van der Waals surface area contributed by atoms with E-state index in [-0.39, 0.29) is 5.78 Å². The number of Topliss-reactive ketones (excluding diaryl/α,β-unsaturated/α-hetero) is 1. The fraction of sp³-hybridized carbons (Fsp3) is 0.281. The lowest BCUT2D eigenvalue weighted by Gasteiger charge is -2.28. The lowest BCUT2D eigenvalue weighted by Crippen LogP contribution is -2.31. The van der Waals surface area contributed by atoms with Crippen LogP contribution >= 0.6 is 23.2 Å². The third-order valence-corrected chi connectivity index (χ3v) is 8.39. The van der Waals surface area contributed by atoms with Crippen molar-refractivity contribution in [2.24, 2.45) is 10.9 Å². The molecule has 4 aromatic rings. The molecule has 1 aromatic heterocycles. The van der Waals surface area contributed by atoms with E-state index in [9.17, 15) is 4.79 Å². The van der Waals surface area contributed by atoms with Crippen molar-refractivity contribution in [3.8, 4) is 11.3 Å². The van der Waals surface area contributed by atoms with Crippen LogP contribution < -0.4 is 5.32 Å². The third kappa shape index (κ3) is 5.71. The van der Waals surface area contributed by atoms with Crippen molar-refractivity contribution in [1.82, 2.24) is 14.7 Å². The average Bonchev–Trinajstić information content (AvgIpc) is 3.31. The molecule has 0 bridgehead atoms. The Balaban J connectivity index is 1.16. The summed E-state index contributed by atoms with van der Waals surface area (Å²) in [7, 11) is 2.14. The maximum absolute atomic E-state index is 12.8. The normalized spacial score (nSPS) is 15.6. The zero-order valence-electron chi connectivity index (χ0n) is 22.4. The van der Waals surface area contributed by atoms with Gasteiger partial charge in [-0.3, -0.25) is 14.5 Å². The van der Waals surface area contributed by atoms with Gasteiger partial charge in [-0.05, 0) is 81.4 Å². The predicted octanol–water partition coefficient (Wildman–Crippen LogP) is 7.19. The van der Waals surface area contributed by atoms with Crippen molar-refractivity contribution in [3.05, 3.63) is 105 Å². The molecular weight excluding hydrogens is 541 g/mol. The van der Waals surface area contributed by atoms with Gasteiger partial charge in [-0.15, -0.1) is 0 Å². The first-order chi connectivity index (χ1) is 19.4.